The van der Waals surface area contributed by atoms with E-state index in [4.69, 9.17) is 4.74 Å². The zero-order valence-corrected chi connectivity index (χ0v) is 21.2. The number of carboxylic acids is 1. The predicted octanol–water partition coefficient (Wildman–Crippen LogP) is 6.70. The van der Waals surface area contributed by atoms with Crippen LogP contribution in [-0.4, -0.2) is 24.7 Å². The number of hydrogen-bond acceptors (Lipinski definition) is 3. The summed E-state index contributed by atoms with van der Waals surface area (Å²) in [6, 6.07) is 19.4. The van der Waals surface area contributed by atoms with Crippen molar-refractivity contribution < 1.29 is 19.0 Å². The summed E-state index contributed by atoms with van der Waals surface area (Å²) < 4.78 is 18.9. The van der Waals surface area contributed by atoms with Crippen molar-refractivity contribution in [3.05, 3.63) is 99.9 Å². The molecule has 6 heteroatoms. The van der Waals surface area contributed by atoms with Crippen molar-refractivity contribution in [2.45, 2.75) is 45.1 Å². The Hall–Kier alpha value is -2.89. The Morgan fingerprint density at radius 1 is 1.17 bits per heavy atom. The summed E-state index contributed by atoms with van der Waals surface area (Å²) in [6.07, 6.45) is 3.01. The van der Waals surface area contributed by atoms with Gasteiger partial charge in [-0.25, -0.2) is 9.18 Å². The van der Waals surface area contributed by atoms with E-state index in [1.54, 1.807) is 12.1 Å². The number of halogens is 2. The van der Waals surface area contributed by atoms with E-state index in [0.717, 1.165) is 42.5 Å². The highest BCUT2D eigenvalue weighted by Gasteiger charge is 2.28. The molecule has 0 bridgehead atoms. The molecule has 1 aliphatic carbocycles. The maximum Gasteiger partial charge on any atom is 0.335 e. The molecule has 0 saturated carbocycles. The van der Waals surface area contributed by atoms with Crippen LogP contribution in [0.15, 0.2) is 60.7 Å². The SMILES string of the molecule is COc1cc([C@@H](C)NCCC2Cc3ccccc3C(c3ccc(C)c(C(=O)O)c3)C2)ccc1F.Cl. The second kappa shape index (κ2) is 11.7. The molecule has 0 spiro atoms. The number of aromatic carboxylic acids is 1. The van der Waals surface area contributed by atoms with Gasteiger partial charge in [-0.3, -0.25) is 0 Å². The van der Waals surface area contributed by atoms with Gasteiger partial charge in [-0.05, 0) is 91.6 Å². The van der Waals surface area contributed by atoms with Gasteiger partial charge < -0.3 is 15.2 Å². The van der Waals surface area contributed by atoms with Crippen LogP contribution >= 0.6 is 12.4 Å². The van der Waals surface area contributed by atoms with Gasteiger partial charge in [-0.15, -0.1) is 12.4 Å². The molecule has 3 atom stereocenters. The van der Waals surface area contributed by atoms with Gasteiger partial charge in [0.1, 0.15) is 0 Å². The van der Waals surface area contributed by atoms with E-state index in [9.17, 15) is 14.3 Å². The van der Waals surface area contributed by atoms with Crippen molar-refractivity contribution in [2.75, 3.05) is 13.7 Å². The molecule has 2 N–H and O–H groups in total. The molecule has 186 valence electrons. The summed E-state index contributed by atoms with van der Waals surface area (Å²) in [5.41, 5.74) is 5.87. The van der Waals surface area contributed by atoms with Crippen molar-refractivity contribution in [3.63, 3.8) is 0 Å². The first-order valence-corrected chi connectivity index (χ1v) is 11.9. The van der Waals surface area contributed by atoms with Crippen molar-refractivity contribution in [1.82, 2.24) is 5.32 Å². The molecule has 0 amide bonds. The minimum Gasteiger partial charge on any atom is -0.494 e. The molecule has 4 nitrogen and oxygen atoms in total. The van der Waals surface area contributed by atoms with Crippen LogP contribution in [0.2, 0.25) is 0 Å². The van der Waals surface area contributed by atoms with E-state index in [0.29, 0.717) is 11.5 Å². The molecule has 3 aromatic rings. The number of carboxylic acid groups (broad SMARTS) is 1. The largest absolute Gasteiger partial charge is 0.494 e. The highest BCUT2D eigenvalue weighted by atomic mass is 35.5. The number of hydrogen-bond donors (Lipinski definition) is 2. The van der Waals surface area contributed by atoms with Crippen LogP contribution in [0.1, 0.15) is 69.9 Å². The summed E-state index contributed by atoms with van der Waals surface area (Å²) in [4.78, 5) is 11.7. The van der Waals surface area contributed by atoms with Gasteiger partial charge in [-0.2, -0.15) is 0 Å². The van der Waals surface area contributed by atoms with Crippen molar-refractivity contribution >= 4 is 18.4 Å². The van der Waals surface area contributed by atoms with Crippen LogP contribution in [0, 0.1) is 18.7 Å². The van der Waals surface area contributed by atoms with Crippen molar-refractivity contribution in [2.24, 2.45) is 5.92 Å². The number of ether oxygens (including phenoxy) is 1. The van der Waals surface area contributed by atoms with E-state index >= 15 is 0 Å². The van der Waals surface area contributed by atoms with Crippen LogP contribution in [0.5, 0.6) is 5.75 Å². The molecule has 0 radical (unpaired) electrons. The van der Waals surface area contributed by atoms with Gasteiger partial charge in [-0.1, -0.05) is 42.5 Å². The average molecular weight is 498 g/mol. The number of rotatable bonds is 8. The molecule has 1 aliphatic rings. The monoisotopic (exact) mass is 497 g/mol. The highest BCUT2D eigenvalue weighted by molar-refractivity contribution is 5.89. The number of benzene rings is 3. The van der Waals surface area contributed by atoms with Crippen molar-refractivity contribution in [3.8, 4) is 5.75 Å². The van der Waals surface area contributed by atoms with Gasteiger partial charge in [0.25, 0.3) is 0 Å². The van der Waals surface area contributed by atoms with Crippen LogP contribution < -0.4 is 10.1 Å². The second-order valence-electron chi connectivity index (χ2n) is 9.30. The van der Waals surface area contributed by atoms with Gasteiger partial charge in [0.2, 0.25) is 0 Å². The number of aryl methyl sites for hydroxylation is 1. The van der Waals surface area contributed by atoms with E-state index < -0.39 is 5.97 Å². The lowest BCUT2D eigenvalue weighted by Crippen LogP contribution is -2.26. The third-order valence-electron chi connectivity index (χ3n) is 7.08. The minimum atomic E-state index is -0.879. The normalized spacial score (nSPS) is 17.7. The van der Waals surface area contributed by atoms with Crippen LogP contribution in [0.4, 0.5) is 4.39 Å². The van der Waals surface area contributed by atoms with Gasteiger partial charge in [0.15, 0.2) is 11.6 Å². The highest BCUT2D eigenvalue weighted by Crippen LogP contribution is 2.40. The molecule has 2 unspecified atom stereocenters. The summed E-state index contributed by atoms with van der Waals surface area (Å²) >= 11 is 0. The Morgan fingerprint density at radius 2 is 1.94 bits per heavy atom. The molecule has 3 aromatic carbocycles. The topological polar surface area (TPSA) is 58.6 Å². The van der Waals surface area contributed by atoms with E-state index in [1.807, 2.05) is 19.1 Å². The molecule has 0 aromatic heterocycles. The van der Waals surface area contributed by atoms with Crippen LogP contribution in [0.25, 0.3) is 0 Å². The van der Waals surface area contributed by atoms with E-state index in [1.165, 1.54) is 24.3 Å². The quantitative estimate of drug-likeness (QED) is 0.363. The fourth-order valence-corrected chi connectivity index (χ4v) is 5.10. The Morgan fingerprint density at radius 3 is 2.69 bits per heavy atom. The number of carbonyl (C=O) groups is 1. The van der Waals surface area contributed by atoms with Crippen LogP contribution in [0.3, 0.4) is 0 Å². The fourth-order valence-electron chi connectivity index (χ4n) is 5.10. The molecule has 35 heavy (non-hydrogen) atoms. The summed E-state index contributed by atoms with van der Waals surface area (Å²) in [7, 11) is 1.48. The van der Waals surface area contributed by atoms with Crippen LogP contribution in [-0.2, 0) is 6.42 Å². The number of nitrogens with one attached hydrogen (secondary N) is 1. The van der Waals surface area contributed by atoms with E-state index in [-0.39, 0.29) is 35.9 Å². The van der Waals surface area contributed by atoms with Gasteiger partial charge >= 0.3 is 5.97 Å². The fraction of sp³-hybridized carbons (Fsp3) is 0.345. The Balaban J connectivity index is 0.00000342. The molecule has 0 fully saturated rings. The lowest BCUT2D eigenvalue weighted by Gasteiger charge is -2.32. The number of fused-ring (bicyclic) bond motifs is 1. The molecular formula is C29H33ClFNO3. The Bertz CT molecular complexity index is 1180. The predicted molar refractivity (Wildman–Crippen MR) is 139 cm³/mol. The van der Waals surface area contributed by atoms with Gasteiger partial charge in [0.05, 0.1) is 12.7 Å². The first kappa shape index (κ1) is 26.7. The lowest BCUT2D eigenvalue weighted by molar-refractivity contribution is 0.0696. The maximum atomic E-state index is 13.7. The summed E-state index contributed by atoms with van der Waals surface area (Å²) in [5, 5.41) is 13.2. The van der Waals surface area contributed by atoms with Gasteiger partial charge in [0, 0.05) is 12.0 Å². The standard InChI is InChI=1S/C29H32FNO3.ClH/c1-18-8-9-23(16-25(18)29(32)33)26-15-20(14-22-6-4-5-7-24(22)26)12-13-31-19(2)21-10-11-27(30)28(17-21)34-3;/h4-11,16-17,19-20,26,31H,12-15H2,1-3H3,(H,32,33);1H/t19-,20?,26?;/m1./s1. The molecule has 0 heterocycles. The summed E-state index contributed by atoms with van der Waals surface area (Å²) in [6.45, 7) is 4.76. The maximum absolute atomic E-state index is 13.7. The Kier molecular flexibility index (Phi) is 8.92. The molecular weight excluding hydrogens is 465 g/mol. The lowest BCUT2D eigenvalue weighted by atomic mass is 9.72. The zero-order chi connectivity index (χ0) is 24.2. The first-order valence-electron chi connectivity index (χ1n) is 11.9. The third kappa shape index (κ3) is 6.03. The second-order valence-corrected chi connectivity index (χ2v) is 9.30. The average Bonchev–Trinajstić information content (AvgIpc) is 2.84. The summed E-state index contributed by atoms with van der Waals surface area (Å²) in [5.74, 6) is -0.302. The molecule has 0 saturated heterocycles. The minimum absolute atomic E-state index is 0. The zero-order valence-electron chi connectivity index (χ0n) is 20.4. The first-order chi connectivity index (χ1) is 16.4. The van der Waals surface area contributed by atoms with E-state index in [2.05, 4.69) is 42.6 Å². The number of methoxy groups -OCH3 is 1. The Labute approximate surface area is 212 Å². The molecule has 4 rings (SSSR count). The van der Waals surface area contributed by atoms with Crippen molar-refractivity contribution in [1.29, 1.82) is 0 Å². The molecule has 0 aliphatic heterocycles. The smallest absolute Gasteiger partial charge is 0.335 e. The third-order valence-corrected chi connectivity index (χ3v) is 7.08.